The van der Waals surface area contributed by atoms with Crippen molar-refractivity contribution in [3.63, 3.8) is 0 Å². The fraction of sp³-hybridized carbons (Fsp3) is 0.385. The van der Waals surface area contributed by atoms with Crippen molar-refractivity contribution in [2.75, 3.05) is 36.4 Å². The van der Waals surface area contributed by atoms with Crippen LogP contribution in [-0.4, -0.2) is 47.0 Å². The molecule has 5 rings (SSSR count). The van der Waals surface area contributed by atoms with Crippen LogP contribution in [0.2, 0.25) is 0 Å². The molecule has 170 valence electrons. The van der Waals surface area contributed by atoms with Crippen LogP contribution in [0.15, 0.2) is 61.1 Å². The van der Waals surface area contributed by atoms with Crippen molar-refractivity contribution in [1.29, 1.82) is 0 Å². The highest BCUT2D eigenvalue weighted by Crippen LogP contribution is 2.40. The molecule has 2 aliphatic rings. The molecule has 7 nitrogen and oxygen atoms in total. The van der Waals surface area contributed by atoms with Crippen molar-refractivity contribution in [3.05, 3.63) is 78.1 Å². The molecule has 3 heterocycles. The number of pyridine rings is 1. The first-order valence-electron chi connectivity index (χ1n) is 11.9. The van der Waals surface area contributed by atoms with Crippen LogP contribution >= 0.6 is 0 Å². The number of carbonyl (C=O) groups excluding carboxylic acids is 1. The number of benzene rings is 1. The third-order valence-corrected chi connectivity index (χ3v) is 6.72. The smallest absolute Gasteiger partial charge is 0.274 e. The maximum Gasteiger partial charge on any atom is 0.274 e. The number of amides is 1. The van der Waals surface area contributed by atoms with Gasteiger partial charge in [-0.15, -0.1) is 0 Å². The molecule has 0 radical (unpaired) electrons. The lowest BCUT2D eigenvalue weighted by molar-refractivity contribution is 0.102. The quantitative estimate of drug-likeness (QED) is 0.622. The highest BCUT2D eigenvalue weighted by Gasteiger charge is 2.27. The summed E-state index contributed by atoms with van der Waals surface area (Å²) < 4.78 is 0. The Hall–Kier alpha value is -3.32. The second kappa shape index (κ2) is 10.1. The molecule has 1 aliphatic heterocycles. The van der Waals surface area contributed by atoms with Crippen molar-refractivity contribution in [2.45, 2.75) is 37.5 Å². The Labute approximate surface area is 194 Å². The van der Waals surface area contributed by atoms with E-state index in [0.29, 0.717) is 17.3 Å². The number of rotatable bonds is 5. The molecule has 2 N–H and O–H groups in total. The van der Waals surface area contributed by atoms with E-state index in [4.69, 9.17) is 4.98 Å². The van der Waals surface area contributed by atoms with Gasteiger partial charge in [0.15, 0.2) is 0 Å². The standard InChI is InChI=1S/C26H30N6O/c33-26(31-23-18-28-11-10-24(23)32-15-13-27-14-16-32)22-9-12-29-25(30-22)21-8-4-7-20(17-21)19-5-2-1-3-6-19/h1-3,5-6,9-12,18,20-21,27H,4,7-8,13-17H2,(H,31,33). The first-order valence-corrected chi connectivity index (χ1v) is 11.9. The largest absolute Gasteiger partial charge is 0.367 e. The maximum atomic E-state index is 13.1. The Morgan fingerprint density at radius 3 is 2.67 bits per heavy atom. The van der Waals surface area contributed by atoms with Gasteiger partial charge in [-0.1, -0.05) is 36.8 Å². The zero-order valence-corrected chi connectivity index (χ0v) is 18.8. The van der Waals surface area contributed by atoms with Crippen molar-refractivity contribution < 1.29 is 4.79 Å². The van der Waals surface area contributed by atoms with E-state index in [9.17, 15) is 4.79 Å². The minimum atomic E-state index is -0.224. The van der Waals surface area contributed by atoms with Crippen molar-refractivity contribution in [3.8, 4) is 0 Å². The fourth-order valence-electron chi connectivity index (χ4n) is 5.00. The van der Waals surface area contributed by atoms with Gasteiger partial charge in [0.25, 0.3) is 5.91 Å². The van der Waals surface area contributed by atoms with Crippen LogP contribution in [0.4, 0.5) is 11.4 Å². The molecule has 1 aromatic carbocycles. The summed E-state index contributed by atoms with van der Waals surface area (Å²) >= 11 is 0. The minimum absolute atomic E-state index is 0.224. The van der Waals surface area contributed by atoms with Gasteiger partial charge < -0.3 is 15.5 Å². The normalized spacial score (nSPS) is 20.9. The molecule has 1 saturated carbocycles. The second-order valence-electron chi connectivity index (χ2n) is 8.86. The van der Waals surface area contributed by atoms with Gasteiger partial charge in [0, 0.05) is 44.5 Å². The number of hydrogen-bond acceptors (Lipinski definition) is 6. The third-order valence-electron chi connectivity index (χ3n) is 6.72. The molecule has 7 heteroatoms. The van der Waals surface area contributed by atoms with Crippen LogP contribution in [0.5, 0.6) is 0 Å². The summed E-state index contributed by atoms with van der Waals surface area (Å²) in [6.07, 6.45) is 9.61. The Morgan fingerprint density at radius 1 is 1.00 bits per heavy atom. The van der Waals surface area contributed by atoms with E-state index in [1.54, 1.807) is 24.7 Å². The molecular formula is C26H30N6O. The Bertz CT molecular complexity index is 1080. The summed E-state index contributed by atoms with van der Waals surface area (Å²) in [6, 6.07) is 14.3. The number of piperazine rings is 1. The lowest BCUT2D eigenvalue weighted by atomic mass is 9.77. The van der Waals surface area contributed by atoms with Gasteiger partial charge >= 0.3 is 0 Å². The molecule has 1 amide bonds. The molecule has 33 heavy (non-hydrogen) atoms. The highest BCUT2D eigenvalue weighted by atomic mass is 16.1. The molecule has 2 unspecified atom stereocenters. The van der Waals surface area contributed by atoms with Crippen LogP contribution in [0.3, 0.4) is 0 Å². The van der Waals surface area contributed by atoms with Gasteiger partial charge in [0.05, 0.1) is 17.6 Å². The first-order chi connectivity index (χ1) is 16.3. The van der Waals surface area contributed by atoms with E-state index in [0.717, 1.165) is 57.0 Å². The van der Waals surface area contributed by atoms with Gasteiger partial charge in [-0.05, 0) is 42.9 Å². The van der Waals surface area contributed by atoms with E-state index in [2.05, 4.69) is 55.8 Å². The summed E-state index contributed by atoms with van der Waals surface area (Å²) in [5, 5.41) is 6.39. The van der Waals surface area contributed by atoms with Gasteiger partial charge in [0.2, 0.25) is 0 Å². The van der Waals surface area contributed by atoms with E-state index >= 15 is 0 Å². The lowest BCUT2D eigenvalue weighted by Crippen LogP contribution is -2.43. The molecule has 1 aliphatic carbocycles. The Morgan fingerprint density at radius 2 is 1.82 bits per heavy atom. The summed E-state index contributed by atoms with van der Waals surface area (Å²) in [5.41, 5.74) is 3.49. The van der Waals surface area contributed by atoms with Gasteiger partial charge in [-0.3, -0.25) is 9.78 Å². The van der Waals surface area contributed by atoms with Crippen molar-refractivity contribution >= 4 is 17.3 Å². The fourth-order valence-corrected chi connectivity index (χ4v) is 5.00. The van der Waals surface area contributed by atoms with E-state index in [1.807, 2.05) is 6.07 Å². The van der Waals surface area contributed by atoms with Crippen molar-refractivity contribution in [2.24, 2.45) is 0 Å². The van der Waals surface area contributed by atoms with E-state index in [-0.39, 0.29) is 11.8 Å². The van der Waals surface area contributed by atoms with Gasteiger partial charge in [-0.25, -0.2) is 9.97 Å². The Balaban J connectivity index is 1.31. The average Bonchev–Trinajstić information content (AvgIpc) is 2.90. The van der Waals surface area contributed by atoms with E-state index < -0.39 is 0 Å². The van der Waals surface area contributed by atoms with Crippen LogP contribution in [-0.2, 0) is 0 Å². The van der Waals surface area contributed by atoms with Crippen LogP contribution in [0.25, 0.3) is 0 Å². The van der Waals surface area contributed by atoms with Crippen LogP contribution in [0, 0.1) is 0 Å². The van der Waals surface area contributed by atoms with Gasteiger partial charge in [-0.2, -0.15) is 0 Å². The highest BCUT2D eigenvalue weighted by molar-refractivity contribution is 6.04. The zero-order chi connectivity index (χ0) is 22.5. The van der Waals surface area contributed by atoms with Crippen LogP contribution < -0.4 is 15.5 Å². The van der Waals surface area contributed by atoms with Crippen molar-refractivity contribution in [1.82, 2.24) is 20.3 Å². The monoisotopic (exact) mass is 442 g/mol. The summed E-state index contributed by atoms with van der Waals surface area (Å²) in [4.78, 5) is 28.9. The molecular weight excluding hydrogens is 412 g/mol. The summed E-state index contributed by atoms with van der Waals surface area (Å²) in [6.45, 7) is 3.65. The topological polar surface area (TPSA) is 83.0 Å². The molecule has 0 spiro atoms. The molecule has 2 aromatic heterocycles. The predicted molar refractivity (Wildman–Crippen MR) is 130 cm³/mol. The number of hydrogen-bond donors (Lipinski definition) is 2. The third kappa shape index (κ3) is 5.03. The number of carbonyl (C=O) groups is 1. The van der Waals surface area contributed by atoms with E-state index in [1.165, 1.54) is 12.0 Å². The average molecular weight is 443 g/mol. The predicted octanol–water partition coefficient (Wildman–Crippen LogP) is 3.97. The number of nitrogens with zero attached hydrogens (tertiary/aromatic N) is 4. The summed E-state index contributed by atoms with van der Waals surface area (Å²) in [5.74, 6) is 1.34. The zero-order valence-electron chi connectivity index (χ0n) is 18.8. The molecule has 0 bridgehead atoms. The van der Waals surface area contributed by atoms with Gasteiger partial charge in [0.1, 0.15) is 11.5 Å². The molecule has 2 atom stereocenters. The second-order valence-corrected chi connectivity index (χ2v) is 8.86. The molecule has 1 saturated heterocycles. The Kier molecular flexibility index (Phi) is 6.58. The number of nitrogens with one attached hydrogen (secondary N) is 2. The number of aromatic nitrogens is 3. The minimum Gasteiger partial charge on any atom is -0.367 e. The SMILES string of the molecule is O=C(Nc1cnccc1N1CCNCC1)c1ccnc(C2CCCC(c3ccccc3)C2)n1. The summed E-state index contributed by atoms with van der Waals surface area (Å²) in [7, 11) is 0. The van der Waals surface area contributed by atoms with Crippen LogP contribution in [0.1, 0.15) is 59.4 Å². The first kappa shape index (κ1) is 21.5. The molecule has 2 fully saturated rings. The lowest BCUT2D eigenvalue weighted by Gasteiger charge is -2.30. The maximum absolute atomic E-state index is 13.1. The number of anilines is 2. The molecule has 3 aromatic rings.